The average Bonchev–Trinajstić information content (AvgIpc) is 3.84. The van der Waals surface area contributed by atoms with E-state index >= 15 is 0 Å². The van der Waals surface area contributed by atoms with Gasteiger partial charge in [-0.25, -0.2) is 9.97 Å². The Bertz CT molecular complexity index is 2170. The molecule has 0 aliphatic carbocycles. The number of carbonyl (C=O) groups is 6. The third-order valence-electron chi connectivity index (χ3n) is 12.4. The number of aryl methyl sites for hydroxylation is 1. The SMILES string of the molecule is CCN(CCC(C)CN1CC2(CCN([C@@H]3CCCN(c4cnc(C(N)=O)c(Nc5cnn(C)c5)n4)C3)C2=O)C1)c1ccc2c(c1)C(=O)N(C1CCC(=O)NC1=O)C2=O. The summed E-state index contributed by atoms with van der Waals surface area (Å²) in [7, 11) is 1.79. The van der Waals surface area contributed by atoms with Crippen molar-refractivity contribution in [2.45, 2.75) is 64.5 Å². The molecular formula is C40H50N12O6. The first-order chi connectivity index (χ1) is 27.8. The van der Waals surface area contributed by atoms with Gasteiger partial charge >= 0.3 is 0 Å². The standard InChI is InChI=1S/C40H50N12O6/c1-4-49(26-7-8-28-29(16-26)38(57)52(37(28)56)30-9-10-32(53)46-36(30)55)14-11-24(2)19-48-22-40(23-48)12-15-51(39(40)58)27-6-5-13-50(21-27)31-18-42-33(34(41)54)35(45-31)44-25-17-43-47(3)20-25/h7-8,16-18,20,24,27,30H,4-6,9-15,19,21-23H2,1-3H3,(H2,41,54)(H,44,45)(H,46,53,55)/t24?,27-,30?/m1/s1. The number of imide groups is 2. The van der Waals surface area contributed by atoms with Gasteiger partial charge in [0.05, 0.1) is 34.6 Å². The Labute approximate surface area is 336 Å². The largest absolute Gasteiger partial charge is 0.372 e. The van der Waals surface area contributed by atoms with Crippen LogP contribution in [0.1, 0.15) is 83.6 Å². The third-order valence-corrected chi connectivity index (χ3v) is 12.4. The highest BCUT2D eigenvalue weighted by Gasteiger charge is 2.56. The number of hydrogen-bond acceptors (Lipinski definition) is 13. The van der Waals surface area contributed by atoms with Crippen LogP contribution in [0.15, 0.2) is 36.8 Å². The zero-order chi connectivity index (χ0) is 40.9. The number of primary amides is 1. The molecule has 3 aromatic rings. The van der Waals surface area contributed by atoms with Gasteiger partial charge in [0.1, 0.15) is 11.9 Å². The Morgan fingerprint density at radius 2 is 1.88 bits per heavy atom. The van der Waals surface area contributed by atoms with E-state index in [4.69, 9.17) is 10.7 Å². The number of nitrogens with one attached hydrogen (secondary N) is 2. The number of anilines is 4. The molecule has 0 saturated carbocycles. The number of piperidine rings is 2. The number of hydrogen-bond donors (Lipinski definition) is 3. The number of nitrogens with two attached hydrogens (primary N) is 1. The molecule has 1 spiro atoms. The molecule has 18 heteroatoms. The Balaban J connectivity index is 0.833. The molecule has 6 amide bonds. The molecule has 8 rings (SSSR count). The van der Waals surface area contributed by atoms with Crippen molar-refractivity contribution in [3.8, 4) is 0 Å². The van der Waals surface area contributed by atoms with E-state index in [-0.39, 0.29) is 52.8 Å². The van der Waals surface area contributed by atoms with E-state index in [0.29, 0.717) is 30.5 Å². The maximum Gasteiger partial charge on any atom is 0.271 e. The summed E-state index contributed by atoms with van der Waals surface area (Å²) in [6, 6.07) is 4.30. The van der Waals surface area contributed by atoms with Gasteiger partial charge < -0.3 is 30.7 Å². The second-order valence-electron chi connectivity index (χ2n) is 16.4. The number of rotatable bonds is 13. The van der Waals surface area contributed by atoms with Gasteiger partial charge in [-0.15, -0.1) is 0 Å². The van der Waals surface area contributed by atoms with Crippen LogP contribution in [-0.2, 0) is 21.4 Å². The van der Waals surface area contributed by atoms with Crippen LogP contribution in [0.2, 0.25) is 0 Å². The van der Waals surface area contributed by atoms with E-state index in [0.717, 1.165) is 75.5 Å². The quantitative estimate of drug-likeness (QED) is 0.210. The second kappa shape index (κ2) is 15.4. The lowest BCUT2D eigenvalue weighted by Crippen LogP contribution is -2.61. The summed E-state index contributed by atoms with van der Waals surface area (Å²) in [6.07, 6.45) is 8.69. The van der Waals surface area contributed by atoms with E-state index in [2.05, 4.69) is 47.2 Å². The number of amides is 6. The molecule has 4 fully saturated rings. The van der Waals surface area contributed by atoms with Crippen molar-refractivity contribution in [1.82, 2.24) is 39.8 Å². The van der Waals surface area contributed by atoms with E-state index in [1.54, 1.807) is 42.5 Å². The summed E-state index contributed by atoms with van der Waals surface area (Å²) in [4.78, 5) is 95.7. The first-order valence-electron chi connectivity index (χ1n) is 20.2. The van der Waals surface area contributed by atoms with Crippen LogP contribution in [0.5, 0.6) is 0 Å². The van der Waals surface area contributed by atoms with Crippen molar-refractivity contribution in [1.29, 1.82) is 0 Å². The molecule has 4 saturated heterocycles. The lowest BCUT2D eigenvalue weighted by Gasteiger charge is -2.48. The fraction of sp³-hybridized carbons (Fsp3) is 0.525. The van der Waals surface area contributed by atoms with Gasteiger partial charge in [0, 0.05) is 83.8 Å². The van der Waals surface area contributed by atoms with Crippen LogP contribution in [-0.4, -0.2) is 134 Å². The fourth-order valence-corrected chi connectivity index (χ4v) is 9.30. The lowest BCUT2D eigenvalue weighted by molar-refractivity contribution is -0.147. The topological polar surface area (TPSA) is 212 Å². The molecule has 306 valence electrons. The molecule has 4 N–H and O–H groups in total. The molecule has 58 heavy (non-hydrogen) atoms. The van der Waals surface area contributed by atoms with Crippen LogP contribution in [0.25, 0.3) is 0 Å². The molecular weight excluding hydrogens is 745 g/mol. The van der Waals surface area contributed by atoms with E-state index in [1.807, 2.05) is 13.0 Å². The minimum Gasteiger partial charge on any atom is -0.372 e. The third kappa shape index (κ3) is 7.24. The number of nitrogens with zero attached hydrogens (tertiary/aromatic N) is 9. The van der Waals surface area contributed by atoms with Gasteiger partial charge in [0.2, 0.25) is 17.7 Å². The molecule has 2 unspecified atom stereocenters. The van der Waals surface area contributed by atoms with Crippen molar-refractivity contribution < 1.29 is 28.8 Å². The van der Waals surface area contributed by atoms with E-state index in [1.165, 1.54) is 0 Å². The Kier molecular flexibility index (Phi) is 10.4. The summed E-state index contributed by atoms with van der Waals surface area (Å²) in [5.74, 6) is -1.27. The van der Waals surface area contributed by atoms with Crippen LogP contribution >= 0.6 is 0 Å². The summed E-state index contributed by atoms with van der Waals surface area (Å²) >= 11 is 0. The first-order valence-corrected chi connectivity index (χ1v) is 20.2. The maximum atomic E-state index is 14.0. The molecule has 1 aromatic carbocycles. The predicted octanol–water partition coefficient (Wildman–Crippen LogP) is 1.51. The minimum absolute atomic E-state index is 0.0430. The molecule has 3 atom stereocenters. The predicted molar refractivity (Wildman–Crippen MR) is 212 cm³/mol. The molecule has 5 aliphatic rings. The van der Waals surface area contributed by atoms with Gasteiger partial charge in [0.15, 0.2) is 11.5 Å². The monoisotopic (exact) mass is 794 g/mol. The van der Waals surface area contributed by atoms with Crippen molar-refractivity contribution in [3.63, 3.8) is 0 Å². The highest BCUT2D eigenvalue weighted by molar-refractivity contribution is 6.23. The average molecular weight is 795 g/mol. The van der Waals surface area contributed by atoms with Crippen LogP contribution < -0.4 is 26.2 Å². The zero-order valence-electron chi connectivity index (χ0n) is 33.1. The number of carbonyl (C=O) groups excluding carboxylic acids is 6. The van der Waals surface area contributed by atoms with Crippen molar-refractivity contribution in [2.75, 3.05) is 67.5 Å². The lowest BCUT2D eigenvalue weighted by atomic mass is 9.77. The number of likely N-dealkylation sites (tertiary alicyclic amines) is 2. The molecule has 5 aliphatic heterocycles. The van der Waals surface area contributed by atoms with E-state index in [9.17, 15) is 28.8 Å². The normalized spacial score (nSPS) is 22.3. The molecule has 0 radical (unpaired) electrons. The zero-order valence-corrected chi connectivity index (χ0v) is 33.1. The highest BCUT2D eigenvalue weighted by atomic mass is 16.2. The summed E-state index contributed by atoms with van der Waals surface area (Å²) in [5, 5.41) is 9.52. The fourth-order valence-electron chi connectivity index (χ4n) is 9.30. The number of benzene rings is 1. The smallest absolute Gasteiger partial charge is 0.271 e. The van der Waals surface area contributed by atoms with Crippen LogP contribution in [0.4, 0.5) is 23.0 Å². The maximum absolute atomic E-state index is 14.0. The minimum atomic E-state index is -0.996. The molecule has 0 bridgehead atoms. The summed E-state index contributed by atoms with van der Waals surface area (Å²) < 4.78 is 1.64. The Morgan fingerprint density at radius 3 is 2.60 bits per heavy atom. The Hall–Kier alpha value is -5.91. The van der Waals surface area contributed by atoms with Gasteiger partial charge in [-0.1, -0.05) is 6.92 Å². The summed E-state index contributed by atoms with van der Waals surface area (Å²) in [6.45, 7) is 10.2. The number of aromatic nitrogens is 4. The van der Waals surface area contributed by atoms with Crippen LogP contribution in [0, 0.1) is 11.3 Å². The van der Waals surface area contributed by atoms with Crippen molar-refractivity contribution in [2.24, 2.45) is 24.1 Å². The molecule has 2 aromatic heterocycles. The van der Waals surface area contributed by atoms with Crippen LogP contribution in [0.3, 0.4) is 0 Å². The number of fused-ring (bicyclic) bond motifs is 1. The van der Waals surface area contributed by atoms with Gasteiger partial charge in [0.25, 0.3) is 17.7 Å². The molecule has 18 nitrogen and oxygen atoms in total. The van der Waals surface area contributed by atoms with Gasteiger partial charge in [-0.2, -0.15) is 5.10 Å². The first kappa shape index (κ1) is 38.9. The van der Waals surface area contributed by atoms with Crippen molar-refractivity contribution >= 4 is 58.5 Å². The Morgan fingerprint density at radius 1 is 1.09 bits per heavy atom. The van der Waals surface area contributed by atoms with Gasteiger partial charge in [-0.3, -0.25) is 43.7 Å². The van der Waals surface area contributed by atoms with E-state index < -0.39 is 35.6 Å². The van der Waals surface area contributed by atoms with Crippen molar-refractivity contribution in [3.05, 3.63) is 53.6 Å². The summed E-state index contributed by atoms with van der Waals surface area (Å²) in [5.41, 5.74) is 7.33. The van der Waals surface area contributed by atoms with Gasteiger partial charge in [-0.05, 0) is 63.1 Å². The molecule has 7 heterocycles. The highest BCUT2D eigenvalue weighted by Crippen LogP contribution is 2.43. The second-order valence-corrected chi connectivity index (χ2v) is 16.4.